The number of carbonyl (C=O) groups is 2. The van der Waals surface area contributed by atoms with Crippen LogP contribution in [-0.4, -0.2) is 18.9 Å². The third-order valence-electron chi connectivity index (χ3n) is 4.86. The van der Waals surface area contributed by atoms with Crippen molar-refractivity contribution >= 4 is 29.0 Å². The van der Waals surface area contributed by atoms with Gasteiger partial charge in [-0.05, 0) is 54.8 Å². The Labute approximate surface area is 158 Å². The van der Waals surface area contributed by atoms with Crippen molar-refractivity contribution in [1.29, 1.82) is 0 Å². The van der Waals surface area contributed by atoms with Crippen molar-refractivity contribution < 1.29 is 14.3 Å². The van der Waals surface area contributed by atoms with Crippen molar-refractivity contribution in [2.75, 3.05) is 12.4 Å². The van der Waals surface area contributed by atoms with E-state index in [0.29, 0.717) is 22.8 Å². The molecule has 1 N–H and O–H groups in total. The third kappa shape index (κ3) is 4.25. The Kier molecular flexibility index (Phi) is 5.94. The predicted octanol–water partition coefficient (Wildman–Crippen LogP) is 5.04. The molecule has 0 spiro atoms. The molecule has 2 aromatic carbocycles. The highest BCUT2D eigenvalue weighted by molar-refractivity contribution is 6.30. The van der Waals surface area contributed by atoms with Gasteiger partial charge >= 0.3 is 5.97 Å². The van der Waals surface area contributed by atoms with Crippen molar-refractivity contribution in [2.45, 2.75) is 31.7 Å². The number of benzene rings is 2. The van der Waals surface area contributed by atoms with E-state index in [4.69, 9.17) is 16.3 Å². The maximum Gasteiger partial charge on any atom is 0.337 e. The number of Topliss-reactive ketones (excluding diaryl/α,β-unsaturated/α-hetero) is 1. The Balaban J connectivity index is 1.90. The molecule has 2 atom stereocenters. The lowest BCUT2D eigenvalue weighted by atomic mass is 9.80. The number of methoxy groups -OCH3 is 1. The normalized spacial score (nSPS) is 18.2. The van der Waals surface area contributed by atoms with Crippen LogP contribution in [0.25, 0.3) is 0 Å². The van der Waals surface area contributed by atoms with E-state index < -0.39 is 0 Å². The summed E-state index contributed by atoms with van der Waals surface area (Å²) in [5.74, 6) is -0.157. The highest BCUT2D eigenvalue weighted by Gasteiger charge is 2.31. The molecule has 136 valence electrons. The Morgan fingerprint density at radius 2 is 1.81 bits per heavy atom. The molecular formula is C21H22ClNO3. The SMILES string of the molecule is COC(=O)c1ccc(C(Nc2ccc(Cl)cc2)C2CCCCC2=O)cc1. The predicted molar refractivity (Wildman–Crippen MR) is 103 cm³/mol. The average molecular weight is 372 g/mol. The number of ether oxygens (including phenoxy) is 1. The summed E-state index contributed by atoms with van der Waals surface area (Å²) >= 11 is 5.97. The quantitative estimate of drug-likeness (QED) is 0.748. The van der Waals surface area contributed by atoms with Crippen molar-refractivity contribution in [3.63, 3.8) is 0 Å². The van der Waals surface area contributed by atoms with E-state index in [0.717, 1.165) is 30.5 Å². The van der Waals surface area contributed by atoms with Gasteiger partial charge in [0.15, 0.2) is 0 Å². The van der Waals surface area contributed by atoms with Gasteiger partial charge in [-0.15, -0.1) is 0 Å². The van der Waals surface area contributed by atoms with Gasteiger partial charge in [0.25, 0.3) is 0 Å². The van der Waals surface area contributed by atoms with Gasteiger partial charge in [0.1, 0.15) is 5.78 Å². The van der Waals surface area contributed by atoms with Gasteiger partial charge in [-0.25, -0.2) is 4.79 Å². The number of nitrogens with one attached hydrogen (secondary N) is 1. The van der Waals surface area contributed by atoms with Gasteiger partial charge in [0.05, 0.1) is 18.7 Å². The van der Waals surface area contributed by atoms with E-state index >= 15 is 0 Å². The van der Waals surface area contributed by atoms with E-state index in [2.05, 4.69) is 5.32 Å². The lowest BCUT2D eigenvalue weighted by Gasteiger charge is -2.31. The minimum absolute atomic E-state index is 0.0802. The zero-order valence-corrected chi connectivity index (χ0v) is 15.5. The molecule has 26 heavy (non-hydrogen) atoms. The smallest absolute Gasteiger partial charge is 0.337 e. The van der Waals surface area contributed by atoms with E-state index in [9.17, 15) is 9.59 Å². The lowest BCUT2D eigenvalue weighted by molar-refractivity contribution is -0.125. The molecule has 1 aliphatic carbocycles. The lowest BCUT2D eigenvalue weighted by Crippen LogP contribution is -2.30. The highest BCUT2D eigenvalue weighted by Crippen LogP contribution is 2.35. The van der Waals surface area contributed by atoms with Crippen LogP contribution in [0.1, 0.15) is 47.6 Å². The fourth-order valence-electron chi connectivity index (χ4n) is 3.45. The van der Waals surface area contributed by atoms with Crippen molar-refractivity contribution in [1.82, 2.24) is 0 Å². The fraction of sp³-hybridized carbons (Fsp3) is 0.333. The summed E-state index contributed by atoms with van der Waals surface area (Å²) in [7, 11) is 1.36. The van der Waals surface area contributed by atoms with E-state index in [1.807, 2.05) is 36.4 Å². The molecule has 0 aliphatic heterocycles. The molecule has 3 rings (SSSR count). The first-order valence-electron chi connectivity index (χ1n) is 8.81. The monoisotopic (exact) mass is 371 g/mol. The molecule has 4 nitrogen and oxygen atoms in total. The summed E-state index contributed by atoms with van der Waals surface area (Å²) in [6.45, 7) is 0. The number of carbonyl (C=O) groups excluding carboxylic acids is 2. The second kappa shape index (κ2) is 8.37. The van der Waals surface area contributed by atoms with Crippen molar-refractivity contribution in [2.24, 2.45) is 5.92 Å². The summed E-state index contributed by atoms with van der Waals surface area (Å²) in [6, 6.07) is 14.6. The second-order valence-electron chi connectivity index (χ2n) is 6.56. The molecule has 1 fully saturated rings. The van der Waals surface area contributed by atoms with Crippen LogP contribution in [0.5, 0.6) is 0 Å². The first-order valence-corrected chi connectivity index (χ1v) is 9.19. The summed E-state index contributed by atoms with van der Waals surface area (Å²) in [5, 5.41) is 4.16. The Hall–Kier alpha value is -2.33. The number of hydrogen-bond donors (Lipinski definition) is 1. The molecule has 0 amide bonds. The van der Waals surface area contributed by atoms with Crippen LogP contribution in [0.2, 0.25) is 5.02 Å². The molecule has 1 saturated carbocycles. The summed E-state index contributed by atoms with van der Waals surface area (Å²) in [5.41, 5.74) is 2.39. The van der Waals surface area contributed by atoms with Crippen LogP contribution in [0, 0.1) is 5.92 Å². The van der Waals surface area contributed by atoms with Gasteiger partial charge in [0.2, 0.25) is 0 Å². The Morgan fingerprint density at radius 3 is 2.42 bits per heavy atom. The molecule has 0 saturated heterocycles. The number of halogens is 1. The van der Waals surface area contributed by atoms with Crippen LogP contribution >= 0.6 is 11.6 Å². The molecule has 1 aliphatic rings. The van der Waals surface area contributed by atoms with Crippen LogP contribution < -0.4 is 5.32 Å². The number of esters is 1. The summed E-state index contributed by atoms with van der Waals surface area (Å²) in [6.07, 6.45) is 3.51. The van der Waals surface area contributed by atoms with Gasteiger partial charge in [-0.3, -0.25) is 4.79 Å². The van der Waals surface area contributed by atoms with E-state index in [1.54, 1.807) is 12.1 Å². The molecular weight excluding hydrogens is 350 g/mol. The zero-order valence-electron chi connectivity index (χ0n) is 14.7. The standard InChI is InChI=1S/C21H22ClNO3/c1-26-21(25)15-8-6-14(7-9-15)20(18-4-2-3-5-19(18)24)23-17-12-10-16(22)11-13-17/h6-13,18,20,23H,2-5H2,1H3. The largest absolute Gasteiger partial charge is 0.465 e. The van der Waals surface area contributed by atoms with Crippen LogP contribution in [-0.2, 0) is 9.53 Å². The zero-order chi connectivity index (χ0) is 18.5. The minimum atomic E-state index is -0.368. The molecule has 2 aromatic rings. The number of ketones is 1. The highest BCUT2D eigenvalue weighted by atomic mass is 35.5. The van der Waals surface area contributed by atoms with E-state index in [1.165, 1.54) is 7.11 Å². The fourth-order valence-corrected chi connectivity index (χ4v) is 3.57. The van der Waals surface area contributed by atoms with Gasteiger partial charge in [-0.2, -0.15) is 0 Å². The van der Waals surface area contributed by atoms with Crippen LogP contribution in [0.15, 0.2) is 48.5 Å². The van der Waals surface area contributed by atoms with Gasteiger partial charge in [-0.1, -0.05) is 30.2 Å². The molecule has 5 heteroatoms. The third-order valence-corrected chi connectivity index (χ3v) is 5.11. The van der Waals surface area contributed by atoms with E-state index in [-0.39, 0.29) is 17.9 Å². The summed E-state index contributed by atoms with van der Waals surface area (Å²) < 4.78 is 4.76. The molecule has 2 unspecified atom stereocenters. The number of hydrogen-bond acceptors (Lipinski definition) is 4. The maximum atomic E-state index is 12.5. The minimum Gasteiger partial charge on any atom is -0.465 e. The van der Waals surface area contributed by atoms with Crippen molar-refractivity contribution in [3.8, 4) is 0 Å². The second-order valence-corrected chi connectivity index (χ2v) is 7.00. The first-order chi connectivity index (χ1) is 12.6. The molecule has 0 aromatic heterocycles. The van der Waals surface area contributed by atoms with Crippen LogP contribution in [0.4, 0.5) is 5.69 Å². The first kappa shape index (κ1) is 18.5. The maximum absolute atomic E-state index is 12.5. The van der Waals surface area contributed by atoms with Gasteiger partial charge < -0.3 is 10.1 Å². The Bertz CT molecular complexity index is 771. The molecule has 0 radical (unpaired) electrons. The van der Waals surface area contributed by atoms with Crippen molar-refractivity contribution in [3.05, 3.63) is 64.7 Å². The van der Waals surface area contributed by atoms with Gasteiger partial charge in [0, 0.05) is 23.0 Å². The molecule has 0 bridgehead atoms. The Morgan fingerprint density at radius 1 is 1.12 bits per heavy atom. The number of anilines is 1. The topological polar surface area (TPSA) is 55.4 Å². The average Bonchev–Trinajstić information content (AvgIpc) is 2.68. The van der Waals surface area contributed by atoms with Crippen LogP contribution in [0.3, 0.4) is 0 Å². The summed E-state index contributed by atoms with van der Waals surface area (Å²) in [4.78, 5) is 24.2. The number of rotatable bonds is 5. The molecule has 0 heterocycles.